The molecule has 21 heavy (non-hydrogen) atoms. The van der Waals surface area contributed by atoms with Gasteiger partial charge in [-0.2, -0.15) is 0 Å². The van der Waals surface area contributed by atoms with Crippen molar-refractivity contribution in [3.05, 3.63) is 29.8 Å². The van der Waals surface area contributed by atoms with Crippen LogP contribution in [0.5, 0.6) is 5.75 Å². The monoisotopic (exact) mass is 290 g/mol. The largest absolute Gasteiger partial charge is 0.493 e. The van der Waals surface area contributed by atoms with E-state index in [2.05, 4.69) is 37.5 Å². The van der Waals surface area contributed by atoms with E-state index in [0.29, 0.717) is 12.0 Å². The van der Waals surface area contributed by atoms with Gasteiger partial charge in [-0.15, -0.1) is 0 Å². The molecule has 1 aromatic carbocycles. The summed E-state index contributed by atoms with van der Waals surface area (Å²) in [5.41, 5.74) is 4.38. The van der Waals surface area contributed by atoms with Gasteiger partial charge in [-0.1, -0.05) is 57.7 Å². The zero-order valence-corrected chi connectivity index (χ0v) is 13.5. The first-order chi connectivity index (χ1) is 10.3. The highest BCUT2D eigenvalue weighted by atomic mass is 16.5. The van der Waals surface area contributed by atoms with Crippen LogP contribution >= 0.6 is 0 Å². The Labute approximate surface area is 129 Å². The Balaban J connectivity index is 1.95. The first kappa shape index (κ1) is 16.3. The molecule has 3 nitrogen and oxygen atoms in total. The number of nitrogens with two attached hydrogens (primary N) is 1. The lowest BCUT2D eigenvalue weighted by molar-refractivity contribution is 0.166. The van der Waals surface area contributed by atoms with Crippen LogP contribution in [-0.4, -0.2) is 12.6 Å². The van der Waals surface area contributed by atoms with Gasteiger partial charge in [-0.3, -0.25) is 11.3 Å². The zero-order chi connectivity index (χ0) is 15.1. The molecular weight excluding hydrogens is 260 g/mol. The third kappa shape index (κ3) is 4.45. The number of ether oxygens (including phenoxy) is 1. The predicted octanol–water partition coefficient (Wildman–Crippen LogP) is 3.68. The molecule has 1 aliphatic heterocycles. The van der Waals surface area contributed by atoms with E-state index < -0.39 is 0 Å². The standard InChI is InChI=1S/C18H30N2O/c1-3-5-8-14(4-2)11-17(20-19)16-12-15-9-6-7-10-18(15)21-13-16/h6-7,9-10,14,16-17,20H,3-5,8,11-13,19H2,1-2H3. The Bertz CT molecular complexity index is 421. The minimum atomic E-state index is 0.347. The predicted molar refractivity (Wildman–Crippen MR) is 88.2 cm³/mol. The van der Waals surface area contributed by atoms with E-state index in [4.69, 9.17) is 10.6 Å². The summed E-state index contributed by atoms with van der Waals surface area (Å²) in [4.78, 5) is 0. The third-order valence-corrected chi connectivity index (χ3v) is 4.82. The normalized spacial score (nSPS) is 20.4. The van der Waals surface area contributed by atoms with Crippen molar-refractivity contribution in [2.45, 2.75) is 58.4 Å². The van der Waals surface area contributed by atoms with Gasteiger partial charge in [-0.05, 0) is 30.4 Å². The molecule has 1 aromatic rings. The summed E-state index contributed by atoms with van der Waals surface area (Å²) < 4.78 is 5.92. The maximum absolute atomic E-state index is 5.92. The SMILES string of the molecule is CCCCC(CC)CC(NN)C1COc2ccccc2C1. The Morgan fingerprint density at radius 1 is 1.33 bits per heavy atom. The smallest absolute Gasteiger partial charge is 0.122 e. The van der Waals surface area contributed by atoms with Crippen LogP contribution in [0.1, 0.15) is 51.5 Å². The second-order valence-corrected chi connectivity index (χ2v) is 6.31. The lowest BCUT2D eigenvalue weighted by atomic mass is 9.83. The van der Waals surface area contributed by atoms with Crippen molar-refractivity contribution in [3.63, 3.8) is 0 Å². The van der Waals surface area contributed by atoms with Crippen LogP contribution in [0.25, 0.3) is 0 Å². The highest BCUT2D eigenvalue weighted by Crippen LogP contribution is 2.30. The average molecular weight is 290 g/mol. The van der Waals surface area contributed by atoms with E-state index in [-0.39, 0.29) is 0 Å². The van der Waals surface area contributed by atoms with Crippen LogP contribution in [0.3, 0.4) is 0 Å². The summed E-state index contributed by atoms with van der Waals surface area (Å²) >= 11 is 0. The van der Waals surface area contributed by atoms with Crippen molar-refractivity contribution in [3.8, 4) is 5.75 Å². The molecule has 1 heterocycles. The molecule has 1 aliphatic rings. The maximum atomic E-state index is 5.92. The molecule has 3 atom stereocenters. The number of rotatable bonds is 8. The second-order valence-electron chi connectivity index (χ2n) is 6.31. The van der Waals surface area contributed by atoms with Gasteiger partial charge in [0.1, 0.15) is 5.75 Å². The van der Waals surface area contributed by atoms with Crippen LogP contribution in [0.15, 0.2) is 24.3 Å². The van der Waals surface area contributed by atoms with Gasteiger partial charge in [0.2, 0.25) is 0 Å². The number of nitrogens with one attached hydrogen (secondary N) is 1. The lowest BCUT2D eigenvalue weighted by Gasteiger charge is -2.33. The molecule has 0 saturated carbocycles. The summed E-state index contributed by atoms with van der Waals surface area (Å²) in [6, 6.07) is 8.71. The number of para-hydroxylation sites is 1. The Morgan fingerprint density at radius 3 is 2.86 bits per heavy atom. The number of hydrogen-bond donors (Lipinski definition) is 2. The van der Waals surface area contributed by atoms with E-state index in [1.54, 1.807) is 0 Å². The number of unbranched alkanes of at least 4 members (excludes halogenated alkanes) is 1. The highest BCUT2D eigenvalue weighted by molar-refractivity contribution is 5.35. The third-order valence-electron chi connectivity index (χ3n) is 4.82. The lowest BCUT2D eigenvalue weighted by Crippen LogP contribution is -2.46. The Kier molecular flexibility index (Phi) is 6.52. The van der Waals surface area contributed by atoms with Gasteiger partial charge < -0.3 is 4.74 Å². The van der Waals surface area contributed by atoms with Crippen molar-refractivity contribution < 1.29 is 4.74 Å². The molecule has 0 aromatic heterocycles. The topological polar surface area (TPSA) is 47.3 Å². The summed E-state index contributed by atoms with van der Waals surface area (Å²) in [6.07, 6.45) is 7.37. The summed E-state index contributed by atoms with van der Waals surface area (Å²) in [6.45, 7) is 5.33. The summed E-state index contributed by atoms with van der Waals surface area (Å²) in [5, 5.41) is 0. The molecule has 3 N–H and O–H groups in total. The van der Waals surface area contributed by atoms with Gasteiger partial charge in [0, 0.05) is 12.0 Å². The van der Waals surface area contributed by atoms with Gasteiger partial charge in [0.15, 0.2) is 0 Å². The van der Waals surface area contributed by atoms with E-state index >= 15 is 0 Å². The van der Waals surface area contributed by atoms with Gasteiger partial charge in [-0.25, -0.2) is 0 Å². The fourth-order valence-corrected chi connectivity index (χ4v) is 3.35. The van der Waals surface area contributed by atoms with Crippen molar-refractivity contribution in [1.82, 2.24) is 5.43 Å². The molecule has 3 unspecified atom stereocenters. The quantitative estimate of drug-likeness (QED) is 0.567. The number of hydrogen-bond acceptors (Lipinski definition) is 3. The molecule has 3 heteroatoms. The van der Waals surface area contributed by atoms with Crippen LogP contribution < -0.4 is 16.0 Å². The van der Waals surface area contributed by atoms with Gasteiger partial charge in [0.25, 0.3) is 0 Å². The Morgan fingerprint density at radius 2 is 2.14 bits per heavy atom. The molecule has 0 aliphatic carbocycles. The molecular formula is C18H30N2O. The van der Waals surface area contributed by atoms with Gasteiger partial charge in [0.05, 0.1) is 6.61 Å². The first-order valence-corrected chi connectivity index (χ1v) is 8.45. The van der Waals surface area contributed by atoms with Crippen LogP contribution in [0, 0.1) is 11.8 Å². The molecule has 0 fully saturated rings. The first-order valence-electron chi connectivity index (χ1n) is 8.45. The minimum Gasteiger partial charge on any atom is -0.493 e. The minimum absolute atomic E-state index is 0.347. The molecule has 2 rings (SSSR count). The zero-order valence-electron chi connectivity index (χ0n) is 13.5. The fourth-order valence-electron chi connectivity index (χ4n) is 3.35. The van der Waals surface area contributed by atoms with E-state index in [9.17, 15) is 0 Å². The molecule has 118 valence electrons. The van der Waals surface area contributed by atoms with Crippen LogP contribution in [0.2, 0.25) is 0 Å². The number of hydrazine groups is 1. The maximum Gasteiger partial charge on any atom is 0.122 e. The Hall–Kier alpha value is -1.06. The average Bonchev–Trinajstić information content (AvgIpc) is 2.55. The fraction of sp³-hybridized carbons (Fsp3) is 0.667. The number of fused-ring (bicyclic) bond motifs is 1. The van der Waals surface area contributed by atoms with E-state index in [1.807, 2.05) is 6.07 Å². The summed E-state index contributed by atoms with van der Waals surface area (Å²) in [7, 11) is 0. The van der Waals surface area contributed by atoms with Crippen molar-refractivity contribution in [2.75, 3.05) is 6.61 Å². The highest BCUT2D eigenvalue weighted by Gasteiger charge is 2.28. The van der Waals surface area contributed by atoms with E-state index in [0.717, 1.165) is 31.1 Å². The summed E-state index contributed by atoms with van der Waals surface area (Å²) in [5.74, 6) is 8.13. The molecule has 0 amide bonds. The molecule has 0 saturated heterocycles. The van der Waals surface area contributed by atoms with Crippen molar-refractivity contribution >= 4 is 0 Å². The molecule has 0 bridgehead atoms. The van der Waals surface area contributed by atoms with Crippen LogP contribution in [0.4, 0.5) is 0 Å². The van der Waals surface area contributed by atoms with Crippen LogP contribution in [-0.2, 0) is 6.42 Å². The van der Waals surface area contributed by atoms with Gasteiger partial charge >= 0.3 is 0 Å². The molecule has 0 radical (unpaired) electrons. The molecule has 0 spiro atoms. The van der Waals surface area contributed by atoms with Crippen molar-refractivity contribution in [2.24, 2.45) is 17.7 Å². The van der Waals surface area contributed by atoms with E-state index in [1.165, 1.54) is 31.2 Å². The second kappa shape index (κ2) is 8.40. The number of benzene rings is 1. The van der Waals surface area contributed by atoms with Crippen molar-refractivity contribution in [1.29, 1.82) is 0 Å².